The third-order valence-electron chi connectivity index (χ3n) is 3.04. The number of nitrogens with one attached hydrogen (secondary N) is 2. The van der Waals surface area contributed by atoms with E-state index < -0.39 is 5.82 Å². The van der Waals surface area contributed by atoms with Crippen molar-refractivity contribution in [1.82, 2.24) is 5.32 Å². The molecule has 2 N–H and O–H groups in total. The molecule has 1 unspecified atom stereocenters. The van der Waals surface area contributed by atoms with Gasteiger partial charge in [0.25, 0.3) is 0 Å². The van der Waals surface area contributed by atoms with Gasteiger partial charge in [-0.05, 0) is 31.5 Å². The van der Waals surface area contributed by atoms with Crippen LogP contribution in [0.25, 0.3) is 0 Å². The minimum Gasteiger partial charge on any atom is -0.497 e. The molecule has 0 radical (unpaired) electrons. The van der Waals surface area contributed by atoms with Crippen LogP contribution in [0.15, 0.2) is 18.2 Å². The molecule has 19 heavy (non-hydrogen) atoms. The zero-order valence-electron chi connectivity index (χ0n) is 10.7. The molecule has 1 amide bonds. The number of carbonyl (C=O) groups excluding carboxylic acids is 1. The number of benzene rings is 1. The summed E-state index contributed by atoms with van der Waals surface area (Å²) in [7, 11) is 1.50. The van der Waals surface area contributed by atoms with Crippen molar-refractivity contribution in [2.24, 2.45) is 0 Å². The van der Waals surface area contributed by atoms with Crippen LogP contribution in [0.1, 0.15) is 19.3 Å². The molecule has 0 spiro atoms. The van der Waals surface area contributed by atoms with Crippen molar-refractivity contribution in [3.05, 3.63) is 24.0 Å². The Morgan fingerprint density at radius 2 is 2.37 bits per heavy atom. The second-order valence-corrected chi connectivity index (χ2v) is 4.39. The molecule has 106 valence electrons. The van der Waals surface area contributed by atoms with Crippen LogP contribution in [0.3, 0.4) is 0 Å². The Balaban J connectivity index is 0.00000180. The van der Waals surface area contributed by atoms with Gasteiger partial charge < -0.3 is 15.4 Å². The molecular formula is C13H18ClFN2O2. The number of methoxy groups -OCH3 is 1. The Kier molecular flexibility index (Phi) is 6.05. The van der Waals surface area contributed by atoms with Gasteiger partial charge in [-0.15, -0.1) is 12.4 Å². The van der Waals surface area contributed by atoms with Gasteiger partial charge >= 0.3 is 0 Å². The van der Waals surface area contributed by atoms with Crippen LogP contribution >= 0.6 is 12.4 Å². The number of ether oxygens (including phenoxy) is 1. The first kappa shape index (κ1) is 15.7. The van der Waals surface area contributed by atoms with Crippen molar-refractivity contribution >= 4 is 24.0 Å². The Labute approximate surface area is 118 Å². The normalized spacial score (nSPS) is 17.7. The van der Waals surface area contributed by atoms with Crippen LogP contribution < -0.4 is 15.4 Å². The van der Waals surface area contributed by atoms with Gasteiger partial charge in [0.2, 0.25) is 5.91 Å². The van der Waals surface area contributed by atoms with Gasteiger partial charge in [0, 0.05) is 18.5 Å². The molecule has 1 aliphatic rings. The Morgan fingerprint density at radius 1 is 1.58 bits per heavy atom. The lowest BCUT2D eigenvalue weighted by Gasteiger charge is -2.11. The lowest BCUT2D eigenvalue weighted by Crippen LogP contribution is -2.27. The molecule has 1 saturated heterocycles. The largest absolute Gasteiger partial charge is 0.497 e. The van der Waals surface area contributed by atoms with E-state index in [-0.39, 0.29) is 30.0 Å². The smallest absolute Gasteiger partial charge is 0.226 e. The van der Waals surface area contributed by atoms with E-state index in [1.54, 1.807) is 0 Å². The Hall–Kier alpha value is -1.33. The van der Waals surface area contributed by atoms with Crippen molar-refractivity contribution in [1.29, 1.82) is 0 Å². The van der Waals surface area contributed by atoms with Gasteiger partial charge in [-0.3, -0.25) is 4.79 Å². The molecular weight excluding hydrogens is 271 g/mol. The second-order valence-electron chi connectivity index (χ2n) is 4.39. The summed E-state index contributed by atoms with van der Waals surface area (Å²) in [5.74, 6) is -0.115. The zero-order valence-corrected chi connectivity index (χ0v) is 11.6. The lowest BCUT2D eigenvalue weighted by molar-refractivity contribution is -0.116. The second kappa shape index (κ2) is 7.31. The van der Waals surface area contributed by atoms with Crippen molar-refractivity contribution in [2.45, 2.75) is 25.3 Å². The van der Waals surface area contributed by atoms with Crippen LogP contribution in [-0.4, -0.2) is 25.6 Å². The summed E-state index contributed by atoms with van der Waals surface area (Å²) in [4.78, 5) is 11.8. The van der Waals surface area contributed by atoms with Crippen LogP contribution in [-0.2, 0) is 4.79 Å². The zero-order chi connectivity index (χ0) is 13.0. The van der Waals surface area contributed by atoms with Crippen molar-refractivity contribution < 1.29 is 13.9 Å². The molecule has 0 saturated carbocycles. The number of amides is 1. The van der Waals surface area contributed by atoms with Gasteiger partial charge in [-0.2, -0.15) is 0 Å². The molecule has 1 fully saturated rings. The maximum Gasteiger partial charge on any atom is 0.226 e. The molecule has 4 nitrogen and oxygen atoms in total. The van der Waals surface area contributed by atoms with Gasteiger partial charge in [-0.25, -0.2) is 4.39 Å². The van der Waals surface area contributed by atoms with Gasteiger partial charge in [0.05, 0.1) is 12.8 Å². The van der Waals surface area contributed by atoms with E-state index in [1.807, 2.05) is 0 Å². The fraction of sp³-hybridized carbons (Fsp3) is 0.462. The number of halogens is 2. The summed E-state index contributed by atoms with van der Waals surface area (Å²) in [5.41, 5.74) is 0.164. The average molecular weight is 289 g/mol. The molecule has 1 aliphatic heterocycles. The minimum absolute atomic E-state index is 0. The molecule has 1 aromatic rings. The minimum atomic E-state index is -0.455. The molecule has 6 heteroatoms. The summed E-state index contributed by atoms with van der Waals surface area (Å²) in [6.07, 6.45) is 2.45. The van der Waals surface area contributed by atoms with Gasteiger partial charge in [0.1, 0.15) is 11.6 Å². The van der Waals surface area contributed by atoms with Crippen LogP contribution in [0.4, 0.5) is 10.1 Å². The average Bonchev–Trinajstić information content (AvgIpc) is 2.84. The Morgan fingerprint density at radius 3 is 3.00 bits per heavy atom. The number of rotatable bonds is 4. The Bertz CT molecular complexity index is 437. The van der Waals surface area contributed by atoms with Crippen LogP contribution in [0.5, 0.6) is 5.75 Å². The van der Waals surface area contributed by atoms with E-state index in [9.17, 15) is 9.18 Å². The van der Waals surface area contributed by atoms with E-state index >= 15 is 0 Å². The van der Waals surface area contributed by atoms with E-state index in [0.29, 0.717) is 12.2 Å². The van der Waals surface area contributed by atoms with E-state index in [0.717, 1.165) is 19.4 Å². The molecule has 0 aliphatic carbocycles. The monoisotopic (exact) mass is 288 g/mol. The number of hydrogen-bond acceptors (Lipinski definition) is 3. The maximum atomic E-state index is 13.5. The van der Waals surface area contributed by atoms with Crippen molar-refractivity contribution in [3.8, 4) is 5.75 Å². The molecule has 0 aromatic heterocycles. The first-order chi connectivity index (χ1) is 8.69. The number of hydrogen-bond donors (Lipinski definition) is 2. The molecule has 1 atom stereocenters. The summed E-state index contributed by atoms with van der Waals surface area (Å²) in [6, 6.07) is 4.49. The fourth-order valence-corrected chi connectivity index (χ4v) is 2.08. The maximum absolute atomic E-state index is 13.5. The van der Waals surface area contributed by atoms with Crippen LogP contribution in [0, 0.1) is 5.82 Å². The first-order valence-corrected chi connectivity index (χ1v) is 6.06. The van der Waals surface area contributed by atoms with Gasteiger partial charge in [-0.1, -0.05) is 0 Å². The molecule has 0 bridgehead atoms. The summed E-state index contributed by atoms with van der Waals surface area (Å²) < 4.78 is 18.5. The highest BCUT2D eigenvalue weighted by atomic mass is 35.5. The topological polar surface area (TPSA) is 50.4 Å². The summed E-state index contributed by atoms with van der Waals surface area (Å²) in [6.45, 7) is 0.950. The summed E-state index contributed by atoms with van der Waals surface area (Å²) >= 11 is 0. The standard InChI is InChI=1S/C13H17FN2O2.ClH/c1-18-10-4-5-11(14)12(8-10)16-13(17)7-9-3-2-6-15-9;/h4-5,8-9,15H,2-3,6-7H2,1H3,(H,16,17);1H. The van der Waals surface area contributed by atoms with Crippen LogP contribution in [0.2, 0.25) is 0 Å². The van der Waals surface area contributed by atoms with Crippen molar-refractivity contribution in [2.75, 3.05) is 19.0 Å². The highest BCUT2D eigenvalue weighted by molar-refractivity contribution is 5.91. The molecule has 1 heterocycles. The third kappa shape index (κ3) is 4.36. The molecule has 2 rings (SSSR count). The summed E-state index contributed by atoms with van der Waals surface area (Å²) in [5, 5.41) is 5.81. The highest BCUT2D eigenvalue weighted by Gasteiger charge is 2.18. The predicted octanol–water partition coefficient (Wildman–Crippen LogP) is 2.34. The van der Waals surface area contributed by atoms with E-state index in [1.165, 1.54) is 25.3 Å². The van der Waals surface area contributed by atoms with Crippen molar-refractivity contribution in [3.63, 3.8) is 0 Å². The first-order valence-electron chi connectivity index (χ1n) is 6.06. The lowest BCUT2D eigenvalue weighted by atomic mass is 10.1. The van der Waals surface area contributed by atoms with E-state index in [2.05, 4.69) is 10.6 Å². The number of anilines is 1. The third-order valence-corrected chi connectivity index (χ3v) is 3.04. The predicted molar refractivity (Wildman–Crippen MR) is 74.5 cm³/mol. The fourth-order valence-electron chi connectivity index (χ4n) is 2.08. The quantitative estimate of drug-likeness (QED) is 0.894. The van der Waals surface area contributed by atoms with E-state index in [4.69, 9.17) is 4.74 Å². The molecule has 1 aromatic carbocycles. The SMILES string of the molecule is COc1ccc(F)c(NC(=O)CC2CCCN2)c1.Cl. The number of carbonyl (C=O) groups is 1. The highest BCUT2D eigenvalue weighted by Crippen LogP contribution is 2.21. The van der Waals surface area contributed by atoms with Gasteiger partial charge in [0.15, 0.2) is 0 Å².